The minimum absolute atomic E-state index is 0.436. The molecule has 2 aromatic carbocycles. The van der Waals surface area contributed by atoms with E-state index in [1.54, 1.807) is 0 Å². The molecule has 0 bridgehead atoms. The lowest BCUT2D eigenvalue weighted by Crippen LogP contribution is -1.90. The normalized spacial score (nSPS) is 10.0. The van der Waals surface area contributed by atoms with E-state index in [0.29, 0.717) is 11.8 Å². The molecule has 0 saturated carbocycles. The van der Waals surface area contributed by atoms with Gasteiger partial charge in [-0.15, -0.1) is 0 Å². The minimum Gasteiger partial charge on any atom is -0.192 e. The van der Waals surface area contributed by atoms with Crippen molar-refractivity contribution in [3.8, 4) is 6.07 Å². The Morgan fingerprint density at radius 3 is 1.62 bits per heavy atom. The average molecular weight is 279 g/mol. The van der Waals surface area contributed by atoms with Crippen LogP contribution in [0.5, 0.6) is 0 Å². The number of hydrogen-bond acceptors (Lipinski definition) is 1. The molecule has 0 saturated heterocycles. The van der Waals surface area contributed by atoms with Crippen LogP contribution >= 0.6 is 0 Å². The van der Waals surface area contributed by atoms with Crippen molar-refractivity contribution in [1.82, 2.24) is 0 Å². The number of aryl methyl sites for hydroxylation is 1. The van der Waals surface area contributed by atoms with E-state index in [2.05, 4.69) is 65.0 Å². The number of benzene rings is 2. The summed E-state index contributed by atoms with van der Waals surface area (Å²) >= 11 is 0. The van der Waals surface area contributed by atoms with Crippen LogP contribution in [0.1, 0.15) is 61.8 Å². The molecule has 110 valence electrons. The zero-order valence-corrected chi connectivity index (χ0v) is 13.7. The molecule has 0 atom stereocenters. The molecule has 2 aromatic rings. The van der Waals surface area contributed by atoms with E-state index in [1.165, 1.54) is 11.1 Å². The number of hydrogen-bond donors (Lipinski definition) is 0. The first-order valence-corrected chi connectivity index (χ1v) is 7.52. The standard InChI is InChI=1S/C10H11N.C10H14/c1-8(2)10-6-4-3-5-9(10)7-11;1-8(2)10-7-5-4-6-9(10)3/h3-6,8H,1-2H3;4-8H,1-3H3. The second kappa shape index (κ2) is 8.27. The van der Waals surface area contributed by atoms with Gasteiger partial charge in [0.05, 0.1) is 11.6 Å². The van der Waals surface area contributed by atoms with Gasteiger partial charge in [0.1, 0.15) is 0 Å². The van der Waals surface area contributed by atoms with Crippen LogP contribution in [0.25, 0.3) is 0 Å². The maximum Gasteiger partial charge on any atom is 0.0994 e. The predicted octanol–water partition coefficient (Wildman–Crippen LogP) is 5.80. The Labute approximate surface area is 129 Å². The van der Waals surface area contributed by atoms with Gasteiger partial charge in [0.2, 0.25) is 0 Å². The highest BCUT2D eigenvalue weighted by Crippen LogP contribution is 2.18. The summed E-state index contributed by atoms with van der Waals surface area (Å²) < 4.78 is 0. The molecule has 0 N–H and O–H groups in total. The third-order valence-corrected chi connectivity index (χ3v) is 3.51. The zero-order valence-electron chi connectivity index (χ0n) is 13.7. The van der Waals surface area contributed by atoms with E-state index >= 15 is 0 Å². The molecule has 2 rings (SSSR count). The first-order chi connectivity index (χ1) is 9.97. The molecule has 0 radical (unpaired) electrons. The molecule has 0 amide bonds. The second-order valence-corrected chi connectivity index (χ2v) is 5.87. The summed E-state index contributed by atoms with van der Waals surface area (Å²) in [6, 6.07) is 18.4. The molecule has 1 nitrogen and oxygen atoms in total. The van der Waals surface area contributed by atoms with Crippen molar-refractivity contribution in [3.63, 3.8) is 0 Å². The van der Waals surface area contributed by atoms with Gasteiger partial charge in [0, 0.05) is 0 Å². The molecule has 1 heteroatoms. The molecule has 0 aliphatic rings. The fourth-order valence-corrected chi connectivity index (χ4v) is 2.34. The molecule has 0 aliphatic heterocycles. The Morgan fingerprint density at radius 1 is 0.762 bits per heavy atom. The van der Waals surface area contributed by atoms with Gasteiger partial charge in [-0.3, -0.25) is 0 Å². The summed E-state index contributed by atoms with van der Waals surface area (Å²) in [5.74, 6) is 1.09. The highest BCUT2D eigenvalue weighted by Gasteiger charge is 2.03. The van der Waals surface area contributed by atoms with Crippen LogP contribution in [0.3, 0.4) is 0 Å². The molecular formula is C20H25N. The predicted molar refractivity (Wildman–Crippen MR) is 90.5 cm³/mol. The first kappa shape index (κ1) is 17.0. The molecule has 0 aromatic heterocycles. The number of nitriles is 1. The van der Waals surface area contributed by atoms with Gasteiger partial charge < -0.3 is 0 Å². The van der Waals surface area contributed by atoms with Crippen LogP contribution in [0.4, 0.5) is 0 Å². The average Bonchev–Trinajstić information content (AvgIpc) is 2.48. The van der Waals surface area contributed by atoms with Crippen molar-refractivity contribution in [2.45, 2.75) is 46.5 Å². The van der Waals surface area contributed by atoms with Gasteiger partial charge in [0.25, 0.3) is 0 Å². The summed E-state index contributed by atoms with van der Waals surface area (Å²) in [4.78, 5) is 0. The van der Waals surface area contributed by atoms with Gasteiger partial charge in [-0.2, -0.15) is 5.26 Å². The Hall–Kier alpha value is -2.07. The third kappa shape index (κ3) is 5.08. The Bertz CT molecular complexity index is 603. The van der Waals surface area contributed by atoms with Crippen molar-refractivity contribution >= 4 is 0 Å². The molecule has 0 unspecified atom stereocenters. The minimum atomic E-state index is 0.436. The molecule has 21 heavy (non-hydrogen) atoms. The van der Waals surface area contributed by atoms with Crippen LogP contribution in [0.2, 0.25) is 0 Å². The zero-order chi connectivity index (χ0) is 15.8. The molecular weight excluding hydrogens is 254 g/mol. The quantitative estimate of drug-likeness (QED) is 0.681. The molecule has 0 fully saturated rings. The van der Waals surface area contributed by atoms with Crippen molar-refractivity contribution in [3.05, 3.63) is 70.8 Å². The van der Waals surface area contributed by atoms with Crippen LogP contribution < -0.4 is 0 Å². The Kier molecular flexibility index (Phi) is 6.69. The van der Waals surface area contributed by atoms with Crippen LogP contribution in [-0.4, -0.2) is 0 Å². The number of rotatable bonds is 2. The summed E-state index contributed by atoms with van der Waals surface area (Å²) in [6.45, 7) is 10.8. The monoisotopic (exact) mass is 279 g/mol. The van der Waals surface area contributed by atoms with Crippen LogP contribution in [0, 0.1) is 18.3 Å². The largest absolute Gasteiger partial charge is 0.192 e. The summed E-state index contributed by atoms with van der Waals surface area (Å²) in [5, 5.41) is 8.72. The van der Waals surface area contributed by atoms with E-state index in [-0.39, 0.29) is 0 Å². The van der Waals surface area contributed by atoms with Crippen LogP contribution in [-0.2, 0) is 0 Å². The molecule has 0 heterocycles. The first-order valence-electron chi connectivity index (χ1n) is 7.52. The maximum atomic E-state index is 8.72. The number of nitrogens with zero attached hydrogens (tertiary/aromatic N) is 1. The van der Waals surface area contributed by atoms with Crippen molar-refractivity contribution in [2.24, 2.45) is 0 Å². The SMILES string of the molecule is CC(C)c1ccccc1C#N.Cc1ccccc1C(C)C. The highest BCUT2D eigenvalue weighted by atomic mass is 14.2. The Balaban J connectivity index is 0.000000211. The lowest BCUT2D eigenvalue weighted by atomic mass is 9.98. The van der Waals surface area contributed by atoms with E-state index in [0.717, 1.165) is 11.1 Å². The van der Waals surface area contributed by atoms with Gasteiger partial charge in [-0.25, -0.2) is 0 Å². The third-order valence-electron chi connectivity index (χ3n) is 3.51. The second-order valence-electron chi connectivity index (χ2n) is 5.87. The van der Waals surface area contributed by atoms with Crippen LogP contribution in [0.15, 0.2) is 48.5 Å². The smallest absolute Gasteiger partial charge is 0.0994 e. The van der Waals surface area contributed by atoms with E-state index < -0.39 is 0 Å². The fourth-order valence-electron chi connectivity index (χ4n) is 2.34. The van der Waals surface area contributed by atoms with Gasteiger partial charge in [-0.05, 0) is 41.5 Å². The van der Waals surface area contributed by atoms with Crippen molar-refractivity contribution < 1.29 is 0 Å². The summed E-state index contributed by atoms with van der Waals surface area (Å²) in [5.41, 5.74) is 4.79. The Morgan fingerprint density at radius 2 is 1.24 bits per heavy atom. The maximum absolute atomic E-state index is 8.72. The molecule has 0 aliphatic carbocycles. The van der Waals surface area contributed by atoms with E-state index in [4.69, 9.17) is 5.26 Å². The van der Waals surface area contributed by atoms with E-state index in [9.17, 15) is 0 Å². The van der Waals surface area contributed by atoms with Crippen molar-refractivity contribution in [1.29, 1.82) is 5.26 Å². The van der Waals surface area contributed by atoms with Gasteiger partial charge >= 0.3 is 0 Å². The lowest BCUT2D eigenvalue weighted by Gasteiger charge is -2.07. The summed E-state index contributed by atoms with van der Waals surface area (Å²) in [7, 11) is 0. The topological polar surface area (TPSA) is 23.8 Å². The van der Waals surface area contributed by atoms with E-state index in [1.807, 2.05) is 24.3 Å². The van der Waals surface area contributed by atoms with Gasteiger partial charge in [0.15, 0.2) is 0 Å². The van der Waals surface area contributed by atoms with Gasteiger partial charge in [-0.1, -0.05) is 70.2 Å². The lowest BCUT2D eigenvalue weighted by molar-refractivity contribution is 0.856. The molecule has 0 spiro atoms. The van der Waals surface area contributed by atoms with Crippen molar-refractivity contribution in [2.75, 3.05) is 0 Å². The fraction of sp³-hybridized carbons (Fsp3) is 0.350. The highest BCUT2D eigenvalue weighted by molar-refractivity contribution is 5.38. The summed E-state index contributed by atoms with van der Waals surface area (Å²) in [6.07, 6.45) is 0.